The second-order valence-electron chi connectivity index (χ2n) is 6.46. The highest BCUT2D eigenvalue weighted by Gasteiger charge is 2.64. The molecule has 2 atom stereocenters. The summed E-state index contributed by atoms with van der Waals surface area (Å²) in [6, 6.07) is 2.37. The van der Waals surface area contributed by atoms with Crippen LogP contribution in [0.25, 0.3) is 0 Å². The second kappa shape index (κ2) is 4.89. The van der Waals surface area contributed by atoms with Gasteiger partial charge in [-0.2, -0.15) is 0 Å². The van der Waals surface area contributed by atoms with Crippen molar-refractivity contribution in [1.82, 2.24) is 9.13 Å². The third kappa shape index (κ3) is 1.88. The Morgan fingerprint density at radius 2 is 2.21 bits per heavy atom. The zero-order valence-corrected chi connectivity index (χ0v) is 14.2. The fraction of sp³-hybridized carbons (Fsp3) is 0.375. The molecular weight excluding hydrogens is 358 g/mol. The van der Waals surface area contributed by atoms with Gasteiger partial charge in [-0.3, -0.25) is 4.79 Å². The molecule has 2 aromatic rings. The lowest BCUT2D eigenvalue weighted by molar-refractivity contribution is -0.136. The Morgan fingerprint density at radius 1 is 1.50 bits per heavy atom. The van der Waals surface area contributed by atoms with Gasteiger partial charge < -0.3 is 14.2 Å². The van der Waals surface area contributed by atoms with Crippen molar-refractivity contribution in [3.8, 4) is 0 Å². The SMILES string of the molecule is Cn1c(CC(=O)O)c2n(c1=S)C[C@@]1(c3c(F)ccc(Cl)c3F)CC21. The summed E-state index contributed by atoms with van der Waals surface area (Å²) in [7, 11) is 1.72. The maximum atomic E-state index is 14.5. The Balaban J connectivity index is 1.87. The minimum atomic E-state index is -0.965. The van der Waals surface area contributed by atoms with Gasteiger partial charge >= 0.3 is 5.97 Å². The van der Waals surface area contributed by atoms with Gasteiger partial charge in [-0.05, 0) is 30.8 Å². The van der Waals surface area contributed by atoms with Crippen LogP contribution in [0.5, 0.6) is 0 Å². The number of imidazole rings is 1. The van der Waals surface area contributed by atoms with Crippen LogP contribution in [0.2, 0.25) is 5.02 Å². The molecule has 0 bridgehead atoms. The van der Waals surface area contributed by atoms with Gasteiger partial charge in [-0.25, -0.2) is 8.78 Å². The summed E-state index contributed by atoms with van der Waals surface area (Å²) < 4.78 is 32.8. The molecule has 1 aromatic carbocycles. The smallest absolute Gasteiger partial charge is 0.309 e. The van der Waals surface area contributed by atoms with Crippen molar-refractivity contribution in [1.29, 1.82) is 0 Å². The Labute approximate surface area is 146 Å². The molecule has 126 valence electrons. The summed E-state index contributed by atoms with van der Waals surface area (Å²) in [6.45, 7) is 0.341. The van der Waals surface area contributed by atoms with E-state index in [9.17, 15) is 13.6 Å². The predicted octanol–water partition coefficient (Wildman–Crippen LogP) is 3.55. The van der Waals surface area contributed by atoms with E-state index >= 15 is 0 Å². The van der Waals surface area contributed by atoms with Gasteiger partial charge in [0.05, 0.1) is 17.1 Å². The van der Waals surface area contributed by atoms with Crippen LogP contribution >= 0.6 is 23.8 Å². The minimum absolute atomic E-state index is 0.0120. The zero-order valence-electron chi connectivity index (χ0n) is 12.6. The van der Waals surface area contributed by atoms with Crippen LogP contribution in [0.1, 0.15) is 29.3 Å². The van der Waals surface area contributed by atoms with Gasteiger partial charge in [-0.15, -0.1) is 0 Å². The molecule has 4 rings (SSSR count). The highest BCUT2D eigenvalue weighted by Crippen LogP contribution is 2.67. The molecule has 1 N–H and O–H groups in total. The van der Waals surface area contributed by atoms with Crippen LogP contribution in [0.15, 0.2) is 12.1 Å². The normalized spacial score (nSPS) is 23.9. The summed E-state index contributed by atoms with van der Waals surface area (Å²) in [4.78, 5) is 11.2. The Hall–Kier alpha value is -1.73. The number of halogens is 3. The first-order valence-corrected chi connectivity index (χ1v) is 8.20. The minimum Gasteiger partial charge on any atom is -0.481 e. The topological polar surface area (TPSA) is 47.2 Å². The number of fused-ring (bicyclic) bond motifs is 3. The molecule has 8 heteroatoms. The summed E-state index contributed by atoms with van der Waals surface area (Å²) >= 11 is 11.2. The average Bonchev–Trinajstić information content (AvgIpc) is 3.06. The first-order chi connectivity index (χ1) is 11.3. The van der Waals surface area contributed by atoms with E-state index < -0.39 is 23.0 Å². The van der Waals surface area contributed by atoms with Crippen molar-refractivity contribution in [3.63, 3.8) is 0 Å². The quantitative estimate of drug-likeness (QED) is 0.664. The van der Waals surface area contributed by atoms with E-state index in [0.717, 1.165) is 5.69 Å². The molecular formula is C16H13ClF2N2O2S. The largest absolute Gasteiger partial charge is 0.481 e. The van der Waals surface area contributed by atoms with Crippen LogP contribution in [-0.4, -0.2) is 20.2 Å². The van der Waals surface area contributed by atoms with E-state index in [1.54, 1.807) is 11.6 Å². The molecule has 1 aliphatic heterocycles. The number of hydrogen-bond acceptors (Lipinski definition) is 2. The fourth-order valence-electron chi connectivity index (χ4n) is 4.08. The number of carboxylic acid groups (broad SMARTS) is 1. The van der Waals surface area contributed by atoms with Gasteiger partial charge in [0.15, 0.2) is 4.77 Å². The number of carboxylic acids is 1. The molecule has 2 aliphatic rings. The number of aromatic nitrogens is 2. The van der Waals surface area contributed by atoms with Gasteiger partial charge in [0, 0.05) is 36.2 Å². The van der Waals surface area contributed by atoms with E-state index in [1.807, 2.05) is 4.57 Å². The number of aliphatic carboxylic acids is 1. The molecule has 2 heterocycles. The van der Waals surface area contributed by atoms with Crippen molar-refractivity contribution in [2.24, 2.45) is 7.05 Å². The predicted molar refractivity (Wildman–Crippen MR) is 86.0 cm³/mol. The summed E-state index contributed by atoms with van der Waals surface area (Å²) in [6.07, 6.45) is 0.391. The molecule has 0 spiro atoms. The fourth-order valence-corrected chi connectivity index (χ4v) is 4.51. The first-order valence-electron chi connectivity index (χ1n) is 7.42. The third-order valence-corrected chi connectivity index (χ3v) is 6.00. The number of hydrogen-bond donors (Lipinski definition) is 1. The molecule has 0 radical (unpaired) electrons. The third-order valence-electron chi connectivity index (χ3n) is 5.22. The standard InChI is InChI=1S/C16H13ClF2N2O2S/c1-20-10(4-11(22)23)14-7-5-16(7,6-21(14)15(20)24)12-9(18)3-2-8(17)13(12)19/h2-3,7H,4-6H2,1H3,(H,22,23)/t7?,16-/m0/s1. The maximum absolute atomic E-state index is 14.5. The van der Waals surface area contributed by atoms with Crippen molar-refractivity contribution < 1.29 is 18.7 Å². The lowest BCUT2D eigenvalue weighted by Crippen LogP contribution is -2.17. The number of nitrogens with zero attached hydrogens (tertiary/aromatic N) is 2. The molecule has 1 aromatic heterocycles. The molecule has 1 aliphatic carbocycles. The molecule has 24 heavy (non-hydrogen) atoms. The maximum Gasteiger partial charge on any atom is 0.309 e. The van der Waals surface area contributed by atoms with Gasteiger partial charge in [0.25, 0.3) is 0 Å². The van der Waals surface area contributed by atoms with Crippen molar-refractivity contribution in [2.75, 3.05) is 0 Å². The van der Waals surface area contributed by atoms with E-state index in [1.165, 1.54) is 12.1 Å². The number of rotatable bonds is 3. The highest BCUT2D eigenvalue weighted by atomic mass is 35.5. The van der Waals surface area contributed by atoms with Crippen LogP contribution < -0.4 is 0 Å². The summed E-state index contributed by atoms with van der Waals surface area (Å²) in [5.41, 5.74) is 0.647. The van der Waals surface area contributed by atoms with Gasteiger partial charge in [-0.1, -0.05) is 11.6 Å². The van der Waals surface area contributed by atoms with Gasteiger partial charge in [0.1, 0.15) is 11.6 Å². The summed E-state index contributed by atoms with van der Waals surface area (Å²) in [5, 5.41) is 9.03. The number of benzene rings is 1. The van der Waals surface area contributed by atoms with Crippen molar-refractivity contribution >= 4 is 29.8 Å². The first kappa shape index (κ1) is 15.8. The lowest BCUT2D eigenvalue weighted by Gasteiger charge is -2.16. The Morgan fingerprint density at radius 3 is 2.88 bits per heavy atom. The Bertz CT molecular complexity index is 968. The molecule has 4 nitrogen and oxygen atoms in total. The van der Waals surface area contributed by atoms with Crippen LogP contribution in [-0.2, 0) is 30.2 Å². The number of carbonyl (C=O) groups is 1. The molecule has 1 fully saturated rings. The molecule has 0 saturated heterocycles. The monoisotopic (exact) mass is 370 g/mol. The van der Waals surface area contributed by atoms with E-state index in [0.29, 0.717) is 23.4 Å². The van der Waals surface area contributed by atoms with Crippen molar-refractivity contribution in [3.05, 3.63) is 50.5 Å². The lowest BCUT2D eigenvalue weighted by atomic mass is 9.92. The Kier molecular flexibility index (Phi) is 3.22. The average molecular weight is 371 g/mol. The van der Waals surface area contributed by atoms with Gasteiger partial charge in [0.2, 0.25) is 0 Å². The van der Waals surface area contributed by atoms with Crippen LogP contribution in [0.3, 0.4) is 0 Å². The van der Waals surface area contributed by atoms with Crippen molar-refractivity contribution in [2.45, 2.75) is 30.7 Å². The second-order valence-corrected chi connectivity index (χ2v) is 7.23. The molecule has 1 saturated carbocycles. The molecule has 1 unspecified atom stereocenters. The molecule has 0 amide bonds. The van der Waals surface area contributed by atoms with Crippen LogP contribution in [0, 0.1) is 16.4 Å². The van der Waals surface area contributed by atoms with E-state index in [2.05, 4.69) is 0 Å². The summed E-state index contributed by atoms with van der Waals surface area (Å²) in [5.74, 6) is -2.47. The highest BCUT2D eigenvalue weighted by molar-refractivity contribution is 7.71. The van der Waals surface area contributed by atoms with Crippen LogP contribution in [0.4, 0.5) is 8.78 Å². The zero-order chi connectivity index (χ0) is 17.4. The van der Waals surface area contributed by atoms with E-state index in [4.69, 9.17) is 28.9 Å². The van der Waals surface area contributed by atoms with E-state index in [-0.39, 0.29) is 22.9 Å².